The van der Waals surface area contributed by atoms with Crippen molar-refractivity contribution in [1.29, 1.82) is 0 Å². The van der Waals surface area contributed by atoms with Crippen molar-refractivity contribution < 1.29 is 18.3 Å². The van der Waals surface area contributed by atoms with Crippen molar-refractivity contribution in [1.82, 2.24) is 5.32 Å². The molecule has 1 N–H and O–H groups in total. The van der Waals surface area contributed by atoms with Crippen LogP contribution in [0.4, 0.5) is 8.78 Å². The molecule has 1 aliphatic heterocycles. The van der Waals surface area contributed by atoms with Crippen molar-refractivity contribution in [3.05, 3.63) is 33.8 Å². The molecular weight excluding hydrogens is 284 g/mol. The van der Waals surface area contributed by atoms with Crippen molar-refractivity contribution in [3.8, 4) is 0 Å². The SMILES string of the molecule is O=C1CO[C@@H](c2ccc(Br)c(F)c2F)CN1. The third-order valence-electron chi connectivity index (χ3n) is 2.31. The number of carbonyl (C=O) groups excluding carboxylic acids is 1. The van der Waals surface area contributed by atoms with Crippen molar-refractivity contribution in [2.24, 2.45) is 0 Å². The highest BCUT2D eigenvalue weighted by Gasteiger charge is 2.24. The molecule has 1 heterocycles. The number of ether oxygens (including phenoxy) is 1. The lowest BCUT2D eigenvalue weighted by Gasteiger charge is -2.23. The maximum absolute atomic E-state index is 13.5. The molecule has 0 bridgehead atoms. The largest absolute Gasteiger partial charge is 0.362 e. The van der Waals surface area contributed by atoms with Crippen LogP contribution in [0.15, 0.2) is 16.6 Å². The van der Waals surface area contributed by atoms with Gasteiger partial charge in [-0.05, 0) is 22.0 Å². The lowest BCUT2D eigenvalue weighted by molar-refractivity contribution is -0.133. The monoisotopic (exact) mass is 291 g/mol. The van der Waals surface area contributed by atoms with Crippen molar-refractivity contribution in [3.63, 3.8) is 0 Å². The van der Waals surface area contributed by atoms with Crippen LogP contribution in [-0.4, -0.2) is 19.1 Å². The van der Waals surface area contributed by atoms with E-state index in [0.29, 0.717) is 0 Å². The predicted molar refractivity (Wildman–Crippen MR) is 55.8 cm³/mol. The summed E-state index contributed by atoms with van der Waals surface area (Å²) in [7, 11) is 0. The van der Waals surface area contributed by atoms with E-state index in [1.54, 1.807) is 0 Å². The van der Waals surface area contributed by atoms with Gasteiger partial charge >= 0.3 is 0 Å². The molecular formula is C10H8BrF2NO2. The summed E-state index contributed by atoms with van der Waals surface area (Å²) in [5.74, 6) is -2.15. The lowest BCUT2D eigenvalue weighted by Crippen LogP contribution is -2.39. The molecule has 1 saturated heterocycles. The molecule has 1 fully saturated rings. The van der Waals surface area contributed by atoms with Crippen LogP contribution in [0.25, 0.3) is 0 Å². The maximum atomic E-state index is 13.5. The summed E-state index contributed by atoms with van der Waals surface area (Å²) in [5, 5.41) is 2.53. The minimum atomic E-state index is -0.949. The number of morpholine rings is 1. The fourth-order valence-corrected chi connectivity index (χ4v) is 1.79. The van der Waals surface area contributed by atoms with Gasteiger partial charge in [0.2, 0.25) is 5.91 Å². The molecule has 0 saturated carbocycles. The summed E-state index contributed by atoms with van der Waals surface area (Å²) in [6.45, 7) is 0.0125. The molecule has 16 heavy (non-hydrogen) atoms. The molecule has 1 atom stereocenters. The summed E-state index contributed by atoms with van der Waals surface area (Å²) in [6.07, 6.45) is -0.639. The molecule has 1 aromatic carbocycles. The van der Waals surface area contributed by atoms with Gasteiger partial charge in [-0.3, -0.25) is 4.79 Å². The predicted octanol–water partition coefficient (Wildman–Crippen LogP) is 1.91. The Bertz CT molecular complexity index is 429. The van der Waals surface area contributed by atoms with Crippen LogP contribution in [-0.2, 0) is 9.53 Å². The Kier molecular flexibility index (Phi) is 3.20. The van der Waals surface area contributed by atoms with E-state index in [-0.39, 0.29) is 29.1 Å². The van der Waals surface area contributed by atoms with Crippen molar-refractivity contribution in [2.75, 3.05) is 13.2 Å². The number of hydrogen-bond acceptors (Lipinski definition) is 2. The van der Waals surface area contributed by atoms with E-state index in [1.165, 1.54) is 12.1 Å². The first-order chi connectivity index (χ1) is 7.59. The van der Waals surface area contributed by atoms with Gasteiger partial charge in [0.25, 0.3) is 0 Å². The van der Waals surface area contributed by atoms with Gasteiger partial charge in [0.15, 0.2) is 11.6 Å². The molecule has 3 nitrogen and oxygen atoms in total. The molecule has 1 aliphatic rings. The molecule has 0 spiro atoms. The van der Waals surface area contributed by atoms with E-state index in [1.807, 2.05) is 0 Å². The van der Waals surface area contributed by atoms with Crippen LogP contribution in [0, 0.1) is 11.6 Å². The molecule has 0 aromatic heterocycles. The highest BCUT2D eigenvalue weighted by atomic mass is 79.9. The summed E-state index contributed by atoms with van der Waals surface area (Å²) < 4.78 is 32.0. The van der Waals surface area contributed by atoms with E-state index in [0.717, 1.165) is 0 Å². The number of carbonyl (C=O) groups is 1. The van der Waals surface area contributed by atoms with Crippen LogP contribution in [0.5, 0.6) is 0 Å². The van der Waals surface area contributed by atoms with Crippen LogP contribution in [0.3, 0.4) is 0 Å². The average Bonchev–Trinajstić information content (AvgIpc) is 2.28. The Morgan fingerprint density at radius 3 is 2.75 bits per heavy atom. The Balaban J connectivity index is 2.27. The van der Waals surface area contributed by atoms with Crippen LogP contribution in [0.1, 0.15) is 11.7 Å². The minimum Gasteiger partial charge on any atom is -0.362 e. The van der Waals surface area contributed by atoms with Crippen LogP contribution < -0.4 is 5.32 Å². The highest BCUT2D eigenvalue weighted by molar-refractivity contribution is 9.10. The molecule has 1 amide bonds. The van der Waals surface area contributed by atoms with Gasteiger partial charge in [0, 0.05) is 12.1 Å². The van der Waals surface area contributed by atoms with E-state index >= 15 is 0 Å². The molecule has 0 unspecified atom stereocenters. The Morgan fingerprint density at radius 1 is 1.38 bits per heavy atom. The summed E-state index contributed by atoms with van der Waals surface area (Å²) in [5.41, 5.74) is 0.112. The van der Waals surface area contributed by atoms with Crippen molar-refractivity contribution in [2.45, 2.75) is 6.10 Å². The zero-order valence-corrected chi connectivity index (χ0v) is 9.68. The normalized spacial score (nSPS) is 20.7. The molecule has 86 valence electrons. The average molecular weight is 292 g/mol. The number of benzene rings is 1. The van der Waals surface area contributed by atoms with Gasteiger partial charge < -0.3 is 10.1 Å². The topological polar surface area (TPSA) is 38.3 Å². The summed E-state index contributed by atoms with van der Waals surface area (Å²) in [4.78, 5) is 10.8. The second-order valence-electron chi connectivity index (χ2n) is 3.37. The van der Waals surface area contributed by atoms with Gasteiger partial charge in [-0.2, -0.15) is 0 Å². The van der Waals surface area contributed by atoms with Gasteiger partial charge in [-0.1, -0.05) is 6.07 Å². The Hall–Kier alpha value is -1.01. The number of nitrogens with one attached hydrogen (secondary N) is 1. The van der Waals surface area contributed by atoms with Gasteiger partial charge in [0.05, 0.1) is 4.47 Å². The zero-order chi connectivity index (χ0) is 11.7. The number of rotatable bonds is 1. The quantitative estimate of drug-likeness (QED) is 0.803. The van der Waals surface area contributed by atoms with E-state index in [2.05, 4.69) is 21.2 Å². The fraction of sp³-hybridized carbons (Fsp3) is 0.300. The Morgan fingerprint density at radius 2 is 2.12 bits per heavy atom. The molecule has 1 aromatic rings. The third-order valence-corrected chi connectivity index (χ3v) is 2.92. The number of halogens is 3. The van der Waals surface area contributed by atoms with E-state index < -0.39 is 17.7 Å². The molecule has 0 aliphatic carbocycles. The third kappa shape index (κ3) is 2.08. The smallest absolute Gasteiger partial charge is 0.246 e. The van der Waals surface area contributed by atoms with Gasteiger partial charge in [-0.25, -0.2) is 8.78 Å². The summed E-state index contributed by atoms with van der Waals surface area (Å²) in [6, 6.07) is 2.85. The zero-order valence-electron chi connectivity index (χ0n) is 8.10. The minimum absolute atomic E-state index is 0.0635. The standard InChI is InChI=1S/C10H8BrF2NO2/c11-6-2-1-5(9(12)10(6)13)7-3-14-8(15)4-16-7/h1-2,7H,3-4H2,(H,14,15)/t7-/m1/s1. The Labute approximate surface area is 98.9 Å². The maximum Gasteiger partial charge on any atom is 0.246 e. The number of hydrogen-bond donors (Lipinski definition) is 1. The lowest BCUT2D eigenvalue weighted by atomic mass is 10.1. The first-order valence-corrected chi connectivity index (χ1v) is 5.40. The van der Waals surface area contributed by atoms with E-state index in [4.69, 9.17) is 4.74 Å². The van der Waals surface area contributed by atoms with Crippen LogP contribution >= 0.6 is 15.9 Å². The van der Waals surface area contributed by atoms with Gasteiger partial charge in [0.1, 0.15) is 12.7 Å². The second-order valence-corrected chi connectivity index (χ2v) is 4.22. The molecule has 2 rings (SSSR count). The fourth-order valence-electron chi connectivity index (χ4n) is 1.48. The van der Waals surface area contributed by atoms with Crippen molar-refractivity contribution >= 4 is 21.8 Å². The van der Waals surface area contributed by atoms with E-state index in [9.17, 15) is 13.6 Å². The van der Waals surface area contributed by atoms with Crippen LogP contribution in [0.2, 0.25) is 0 Å². The molecule has 6 heteroatoms. The summed E-state index contributed by atoms with van der Waals surface area (Å²) >= 11 is 2.89. The second kappa shape index (κ2) is 4.47. The molecule has 0 radical (unpaired) electrons. The first kappa shape index (κ1) is 11.5. The highest BCUT2D eigenvalue weighted by Crippen LogP contribution is 2.27. The van der Waals surface area contributed by atoms with Gasteiger partial charge in [-0.15, -0.1) is 0 Å². The first-order valence-electron chi connectivity index (χ1n) is 4.61. The number of amides is 1.